The Hall–Kier alpha value is -1.51. The lowest BCUT2D eigenvalue weighted by molar-refractivity contribution is -0.107. The summed E-state index contributed by atoms with van der Waals surface area (Å²) >= 11 is 0. The van der Waals surface area contributed by atoms with Crippen LogP contribution in [-0.2, 0) is 11.2 Å². The van der Waals surface area contributed by atoms with Crippen LogP contribution in [0.3, 0.4) is 0 Å². The van der Waals surface area contributed by atoms with E-state index in [-0.39, 0.29) is 0 Å². The van der Waals surface area contributed by atoms with E-state index >= 15 is 0 Å². The van der Waals surface area contributed by atoms with E-state index in [4.69, 9.17) is 9.47 Å². The summed E-state index contributed by atoms with van der Waals surface area (Å²) in [4.78, 5) is 10.4. The van der Waals surface area contributed by atoms with E-state index in [1.165, 1.54) is 0 Å². The first-order valence-electron chi connectivity index (χ1n) is 5.64. The van der Waals surface area contributed by atoms with Gasteiger partial charge in [-0.05, 0) is 30.5 Å². The Kier molecular flexibility index (Phi) is 3.44. The summed E-state index contributed by atoms with van der Waals surface area (Å²) in [5.41, 5.74) is 2.26. The molecule has 0 aliphatic carbocycles. The Balaban J connectivity index is 2.29. The van der Waals surface area contributed by atoms with Crippen molar-refractivity contribution in [3.63, 3.8) is 0 Å². The second-order valence-electron chi connectivity index (χ2n) is 3.93. The molecule has 1 aromatic carbocycles. The molecule has 0 saturated heterocycles. The topological polar surface area (TPSA) is 35.5 Å². The van der Waals surface area contributed by atoms with Crippen molar-refractivity contribution in [2.75, 3.05) is 13.2 Å². The Morgan fingerprint density at radius 2 is 2.12 bits per heavy atom. The molecule has 0 N–H and O–H groups in total. The lowest BCUT2D eigenvalue weighted by Crippen LogP contribution is -1.99. The third kappa shape index (κ3) is 2.18. The monoisotopic (exact) mass is 220 g/mol. The van der Waals surface area contributed by atoms with Gasteiger partial charge in [-0.3, -0.25) is 0 Å². The number of aldehydes is 1. The van der Waals surface area contributed by atoms with Crippen molar-refractivity contribution in [1.29, 1.82) is 0 Å². The van der Waals surface area contributed by atoms with Crippen LogP contribution in [0.1, 0.15) is 24.0 Å². The maximum atomic E-state index is 10.4. The number of benzene rings is 1. The van der Waals surface area contributed by atoms with Gasteiger partial charge in [0.25, 0.3) is 0 Å². The minimum Gasteiger partial charge on any atom is -0.490 e. The van der Waals surface area contributed by atoms with Gasteiger partial charge in [0.1, 0.15) is 6.29 Å². The predicted molar refractivity (Wildman–Crippen MR) is 61.2 cm³/mol. The normalized spacial score (nSPS) is 14.3. The maximum Gasteiger partial charge on any atom is 0.164 e. The van der Waals surface area contributed by atoms with Gasteiger partial charge >= 0.3 is 0 Å². The van der Waals surface area contributed by atoms with Crippen molar-refractivity contribution in [2.24, 2.45) is 0 Å². The summed E-state index contributed by atoms with van der Waals surface area (Å²) in [6.07, 6.45) is 3.19. The molecule has 3 nitrogen and oxygen atoms in total. The molecule has 0 atom stereocenters. The van der Waals surface area contributed by atoms with E-state index in [1.54, 1.807) is 0 Å². The highest BCUT2D eigenvalue weighted by Crippen LogP contribution is 2.35. The van der Waals surface area contributed by atoms with Gasteiger partial charge in [-0.1, -0.05) is 6.07 Å². The van der Waals surface area contributed by atoms with Gasteiger partial charge in [0.05, 0.1) is 13.2 Å². The van der Waals surface area contributed by atoms with Crippen molar-refractivity contribution in [3.8, 4) is 11.5 Å². The van der Waals surface area contributed by atoms with Crippen LogP contribution in [-0.4, -0.2) is 19.5 Å². The average molecular weight is 220 g/mol. The van der Waals surface area contributed by atoms with Crippen molar-refractivity contribution >= 4 is 6.29 Å². The molecule has 0 unspecified atom stereocenters. The van der Waals surface area contributed by atoms with Crippen molar-refractivity contribution in [3.05, 3.63) is 23.3 Å². The Morgan fingerprint density at radius 3 is 2.94 bits per heavy atom. The van der Waals surface area contributed by atoms with Gasteiger partial charge in [-0.2, -0.15) is 0 Å². The van der Waals surface area contributed by atoms with Crippen LogP contribution in [0.2, 0.25) is 0 Å². The highest BCUT2D eigenvalue weighted by molar-refractivity contribution is 5.53. The van der Waals surface area contributed by atoms with Crippen LogP contribution >= 0.6 is 0 Å². The fourth-order valence-electron chi connectivity index (χ4n) is 1.90. The molecule has 1 aromatic rings. The zero-order valence-corrected chi connectivity index (χ0v) is 9.49. The van der Waals surface area contributed by atoms with E-state index in [0.717, 1.165) is 41.8 Å². The largest absolute Gasteiger partial charge is 0.490 e. The Morgan fingerprint density at radius 1 is 1.31 bits per heavy atom. The standard InChI is InChI=1S/C13H16O3/c1-10-11(4-2-7-14)5-6-12-13(10)16-9-3-8-15-12/h5-7H,2-4,8-9H2,1H3. The summed E-state index contributed by atoms with van der Waals surface area (Å²) in [7, 11) is 0. The molecule has 2 rings (SSSR count). The smallest absolute Gasteiger partial charge is 0.164 e. The fraction of sp³-hybridized carbons (Fsp3) is 0.462. The molecule has 0 bridgehead atoms. The third-order valence-electron chi connectivity index (χ3n) is 2.81. The van der Waals surface area contributed by atoms with E-state index < -0.39 is 0 Å². The molecule has 0 saturated carbocycles. The van der Waals surface area contributed by atoms with E-state index in [0.29, 0.717) is 19.6 Å². The first kappa shape index (κ1) is 11.0. The molecule has 16 heavy (non-hydrogen) atoms. The quantitative estimate of drug-likeness (QED) is 0.733. The molecule has 0 radical (unpaired) electrons. The summed E-state index contributed by atoms with van der Waals surface area (Å²) in [5, 5.41) is 0. The SMILES string of the molecule is Cc1c(CCC=O)ccc2c1OCCCO2. The highest BCUT2D eigenvalue weighted by Gasteiger charge is 2.14. The summed E-state index contributed by atoms with van der Waals surface area (Å²) in [5.74, 6) is 1.67. The second-order valence-corrected chi connectivity index (χ2v) is 3.93. The number of carbonyl (C=O) groups excluding carboxylic acids is 1. The number of aryl methyl sites for hydroxylation is 1. The van der Waals surface area contributed by atoms with Crippen LogP contribution in [0.4, 0.5) is 0 Å². The molecule has 0 aromatic heterocycles. The summed E-state index contributed by atoms with van der Waals surface area (Å²) < 4.78 is 11.3. The number of carbonyl (C=O) groups is 1. The van der Waals surface area contributed by atoms with E-state index in [9.17, 15) is 4.79 Å². The summed E-state index contributed by atoms with van der Waals surface area (Å²) in [6.45, 7) is 3.43. The van der Waals surface area contributed by atoms with Crippen molar-refractivity contribution < 1.29 is 14.3 Å². The zero-order valence-electron chi connectivity index (χ0n) is 9.49. The highest BCUT2D eigenvalue weighted by atomic mass is 16.5. The van der Waals surface area contributed by atoms with E-state index in [2.05, 4.69) is 0 Å². The van der Waals surface area contributed by atoms with Crippen LogP contribution < -0.4 is 9.47 Å². The Labute approximate surface area is 95.4 Å². The first-order valence-corrected chi connectivity index (χ1v) is 5.64. The van der Waals surface area contributed by atoms with Gasteiger partial charge in [-0.25, -0.2) is 0 Å². The number of hydrogen-bond donors (Lipinski definition) is 0. The lowest BCUT2D eigenvalue weighted by atomic mass is 10.0. The van der Waals surface area contributed by atoms with Crippen LogP contribution in [0.25, 0.3) is 0 Å². The van der Waals surface area contributed by atoms with Gasteiger partial charge in [0.2, 0.25) is 0 Å². The molecule has 1 heterocycles. The molecule has 86 valence electrons. The molecule has 0 spiro atoms. The average Bonchev–Trinajstić information content (AvgIpc) is 2.54. The molecule has 0 fully saturated rings. The molecule has 1 aliphatic heterocycles. The van der Waals surface area contributed by atoms with Crippen LogP contribution in [0.15, 0.2) is 12.1 Å². The van der Waals surface area contributed by atoms with Crippen LogP contribution in [0.5, 0.6) is 11.5 Å². The van der Waals surface area contributed by atoms with Gasteiger partial charge in [0.15, 0.2) is 11.5 Å². The van der Waals surface area contributed by atoms with Crippen molar-refractivity contribution in [1.82, 2.24) is 0 Å². The number of fused-ring (bicyclic) bond motifs is 1. The second kappa shape index (κ2) is 5.01. The molecule has 0 amide bonds. The van der Waals surface area contributed by atoms with Gasteiger partial charge < -0.3 is 14.3 Å². The Bertz CT molecular complexity index is 385. The van der Waals surface area contributed by atoms with Crippen LogP contribution in [0, 0.1) is 6.92 Å². The minimum absolute atomic E-state index is 0.556. The summed E-state index contributed by atoms with van der Waals surface area (Å²) in [6, 6.07) is 3.96. The number of rotatable bonds is 3. The first-order chi connectivity index (χ1) is 7.83. The fourth-order valence-corrected chi connectivity index (χ4v) is 1.90. The number of hydrogen-bond acceptors (Lipinski definition) is 3. The molecule has 1 aliphatic rings. The van der Waals surface area contributed by atoms with E-state index in [1.807, 2.05) is 19.1 Å². The molecular formula is C13H16O3. The molecular weight excluding hydrogens is 204 g/mol. The van der Waals surface area contributed by atoms with Crippen molar-refractivity contribution in [2.45, 2.75) is 26.2 Å². The third-order valence-corrected chi connectivity index (χ3v) is 2.81. The lowest BCUT2D eigenvalue weighted by Gasteiger charge is -2.13. The number of ether oxygens (including phenoxy) is 2. The zero-order chi connectivity index (χ0) is 11.4. The maximum absolute atomic E-state index is 10.4. The minimum atomic E-state index is 0.556. The molecule has 3 heteroatoms. The predicted octanol–water partition coefficient (Wildman–Crippen LogP) is 2.29. The van der Waals surface area contributed by atoms with Gasteiger partial charge in [-0.15, -0.1) is 0 Å². The van der Waals surface area contributed by atoms with Gasteiger partial charge in [0, 0.05) is 12.8 Å².